The average Bonchev–Trinajstić information content (AvgIpc) is 3.04. The first kappa shape index (κ1) is 15.9. The van der Waals surface area contributed by atoms with E-state index >= 15 is 0 Å². The van der Waals surface area contributed by atoms with E-state index < -0.39 is 15.8 Å². The zero-order valence-corrected chi connectivity index (χ0v) is 14.0. The lowest BCUT2D eigenvalue weighted by Gasteiger charge is -2.37. The number of rotatable bonds is 4. The van der Waals surface area contributed by atoms with Gasteiger partial charge in [0.15, 0.2) is 0 Å². The number of halogens is 1. The van der Waals surface area contributed by atoms with Gasteiger partial charge in [0.1, 0.15) is 11.5 Å². The monoisotopic (exact) mass is 358 g/mol. The maximum absolute atomic E-state index is 13.0. The van der Waals surface area contributed by atoms with Crippen LogP contribution in [-0.2, 0) is 10.0 Å². The molecule has 3 aromatic rings. The third kappa shape index (κ3) is 2.94. The summed E-state index contributed by atoms with van der Waals surface area (Å²) in [5.74, 6) is -0.462. The van der Waals surface area contributed by atoms with Crippen LogP contribution in [0.3, 0.4) is 0 Å². The van der Waals surface area contributed by atoms with Crippen LogP contribution in [0, 0.1) is 5.82 Å². The highest BCUT2D eigenvalue weighted by Crippen LogP contribution is 2.28. The van der Waals surface area contributed by atoms with Gasteiger partial charge in [-0.25, -0.2) is 17.5 Å². The molecule has 8 heteroatoms. The van der Waals surface area contributed by atoms with E-state index in [-0.39, 0.29) is 10.9 Å². The van der Waals surface area contributed by atoms with Gasteiger partial charge >= 0.3 is 0 Å². The minimum Gasteiger partial charge on any atom is -0.246 e. The maximum atomic E-state index is 13.0. The molecule has 0 bridgehead atoms. The lowest BCUT2D eigenvalue weighted by atomic mass is 10.1. The largest absolute Gasteiger partial charge is 0.246 e. The number of nitrogens with zero attached hydrogens (tertiary/aromatic N) is 4. The summed E-state index contributed by atoms with van der Waals surface area (Å²) in [7, 11) is -3.60. The smallest absolute Gasteiger partial charge is 0.243 e. The van der Waals surface area contributed by atoms with E-state index in [0.29, 0.717) is 13.1 Å². The molecule has 0 aliphatic carbocycles. The third-order valence-electron chi connectivity index (χ3n) is 4.23. The standard InChI is InChI=1S/C17H15FN4O2S/c18-14-6-8-16(9-7-14)25(23,24)21-10-15(11-21)22-12-17(19-20-22)13-4-2-1-3-5-13/h1-9,12,15H,10-11H2. The summed E-state index contributed by atoms with van der Waals surface area (Å²) in [5.41, 5.74) is 1.71. The first-order valence-electron chi connectivity index (χ1n) is 7.77. The molecule has 0 saturated carbocycles. The third-order valence-corrected chi connectivity index (χ3v) is 6.08. The predicted molar refractivity (Wildman–Crippen MR) is 89.7 cm³/mol. The highest BCUT2D eigenvalue weighted by molar-refractivity contribution is 7.89. The molecule has 4 rings (SSSR count). The second-order valence-corrected chi connectivity index (χ2v) is 7.82. The summed E-state index contributed by atoms with van der Waals surface area (Å²) in [6, 6.07) is 14.5. The molecule has 0 N–H and O–H groups in total. The van der Waals surface area contributed by atoms with Crippen molar-refractivity contribution in [1.29, 1.82) is 0 Å². The number of aromatic nitrogens is 3. The summed E-state index contributed by atoms with van der Waals surface area (Å²) in [4.78, 5) is 0.0934. The zero-order chi connectivity index (χ0) is 17.4. The van der Waals surface area contributed by atoms with Gasteiger partial charge in [-0.15, -0.1) is 5.10 Å². The number of hydrogen-bond donors (Lipinski definition) is 0. The van der Waals surface area contributed by atoms with Crippen molar-refractivity contribution in [3.05, 3.63) is 66.6 Å². The minimum absolute atomic E-state index is 0.0554. The molecule has 0 unspecified atom stereocenters. The Bertz CT molecular complexity index is 981. The molecule has 0 spiro atoms. The Morgan fingerprint density at radius 1 is 1.00 bits per heavy atom. The lowest BCUT2D eigenvalue weighted by Crippen LogP contribution is -2.50. The van der Waals surface area contributed by atoms with Crippen molar-refractivity contribution in [2.75, 3.05) is 13.1 Å². The summed E-state index contributed by atoms with van der Waals surface area (Å²) in [6.45, 7) is 0.634. The van der Waals surface area contributed by atoms with Crippen molar-refractivity contribution in [3.63, 3.8) is 0 Å². The molecule has 0 radical (unpaired) electrons. The molecule has 0 atom stereocenters. The summed E-state index contributed by atoms with van der Waals surface area (Å²) >= 11 is 0. The Hall–Kier alpha value is -2.58. The molecule has 128 valence electrons. The van der Waals surface area contributed by atoms with Crippen molar-refractivity contribution in [2.24, 2.45) is 0 Å². The van der Waals surface area contributed by atoms with Crippen molar-refractivity contribution in [2.45, 2.75) is 10.9 Å². The van der Waals surface area contributed by atoms with Gasteiger partial charge in [-0.1, -0.05) is 35.5 Å². The predicted octanol–water partition coefficient (Wildman–Crippen LogP) is 2.33. The Kier molecular flexibility index (Phi) is 3.85. The van der Waals surface area contributed by atoms with E-state index in [1.165, 1.54) is 16.4 Å². The highest BCUT2D eigenvalue weighted by Gasteiger charge is 2.38. The second-order valence-electron chi connectivity index (χ2n) is 5.88. The van der Waals surface area contributed by atoms with E-state index in [1.807, 2.05) is 36.5 Å². The van der Waals surface area contributed by atoms with Gasteiger partial charge in [-0.05, 0) is 24.3 Å². The van der Waals surface area contributed by atoms with Gasteiger partial charge in [0, 0.05) is 18.7 Å². The molecule has 1 aliphatic heterocycles. The van der Waals surface area contributed by atoms with Gasteiger partial charge < -0.3 is 0 Å². The van der Waals surface area contributed by atoms with Crippen LogP contribution in [0.25, 0.3) is 11.3 Å². The Labute approximate surface area is 144 Å². The fourth-order valence-corrected chi connectivity index (χ4v) is 4.25. The molecule has 1 aromatic heterocycles. The van der Waals surface area contributed by atoms with Crippen LogP contribution in [-0.4, -0.2) is 40.8 Å². The Morgan fingerprint density at radius 2 is 1.68 bits per heavy atom. The van der Waals surface area contributed by atoms with Gasteiger partial charge in [0.05, 0.1) is 17.1 Å². The molecule has 0 amide bonds. The number of sulfonamides is 1. The number of benzene rings is 2. The SMILES string of the molecule is O=S(=O)(c1ccc(F)cc1)N1CC(n2cc(-c3ccccc3)nn2)C1. The molecule has 1 fully saturated rings. The molecule has 2 aromatic carbocycles. The van der Waals surface area contributed by atoms with Crippen LogP contribution in [0.4, 0.5) is 4.39 Å². The fraction of sp³-hybridized carbons (Fsp3) is 0.176. The van der Waals surface area contributed by atoms with Crippen molar-refractivity contribution in [1.82, 2.24) is 19.3 Å². The van der Waals surface area contributed by atoms with E-state index in [9.17, 15) is 12.8 Å². The van der Waals surface area contributed by atoms with E-state index in [4.69, 9.17) is 0 Å². The molecular weight excluding hydrogens is 343 g/mol. The van der Waals surface area contributed by atoms with Crippen LogP contribution in [0.2, 0.25) is 0 Å². The van der Waals surface area contributed by atoms with Gasteiger partial charge in [0.2, 0.25) is 10.0 Å². The molecular formula is C17H15FN4O2S. The van der Waals surface area contributed by atoms with Crippen LogP contribution in [0.5, 0.6) is 0 Å². The molecule has 6 nitrogen and oxygen atoms in total. The summed E-state index contributed by atoms with van der Waals surface area (Å²) in [6.07, 6.45) is 1.82. The molecule has 25 heavy (non-hydrogen) atoms. The van der Waals surface area contributed by atoms with Crippen molar-refractivity contribution < 1.29 is 12.8 Å². The minimum atomic E-state index is -3.60. The zero-order valence-electron chi connectivity index (χ0n) is 13.2. The molecule has 1 aliphatic rings. The van der Waals surface area contributed by atoms with Gasteiger partial charge in [0.25, 0.3) is 0 Å². The highest BCUT2D eigenvalue weighted by atomic mass is 32.2. The van der Waals surface area contributed by atoms with E-state index in [1.54, 1.807) is 4.68 Å². The summed E-state index contributed by atoms with van der Waals surface area (Å²) in [5, 5.41) is 8.26. The van der Waals surface area contributed by atoms with E-state index in [2.05, 4.69) is 10.3 Å². The van der Waals surface area contributed by atoms with Crippen LogP contribution >= 0.6 is 0 Å². The van der Waals surface area contributed by atoms with Crippen LogP contribution < -0.4 is 0 Å². The Morgan fingerprint density at radius 3 is 2.36 bits per heavy atom. The first-order chi connectivity index (χ1) is 12.0. The van der Waals surface area contributed by atoms with Gasteiger partial charge in [-0.2, -0.15) is 4.31 Å². The lowest BCUT2D eigenvalue weighted by molar-refractivity contribution is 0.189. The fourth-order valence-electron chi connectivity index (χ4n) is 2.73. The normalized spacial score (nSPS) is 15.9. The van der Waals surface area contributed by atoms with Crippen molar-refractivity contribution in [3.8, 4) is 11.3 Å². The molecule has 1 saturated heterocycles. The molecule has 2 heterocycles. The van der Waals surface area contributed by atoms with Crippen molar-refractivity contribution >= 4 is 10.0 Å². The second kappa shape index (κ2) is 6.05. The average molecular weight is 358 g/mol. The Balaban J connectivity index is 1.47. The topological polar surface area (TPSA) is 68.1 Å². The quantitative estimate of drug-likeness (QED) is 0.718. The van der Waals surface area contributed by atoms with Gasteiger partial charge in [-0.3, -0.25) is 0 Å². The first-order valence-corrected chi connectivity index (χ1v) is 9.21. The van der Waals surface area contributed by atoms with Crippen LogP contribution in [0.1, 0.15) is 6.04 Å². The summed E-state index contributed by atoms with van der Waals surface area (Å²) < 4.78 is 41.0. The maximum Gasteiger partial charge on any atom is 0.243 e. The van der Waals surface area contributed by atoms with Crippen LogP contribution in [0.15, 0.2) is 65.7 Å². The number of hydrogen-bond acceptors (Lipinski definition) is 4. The van der Waals surface area contributed by atoms with E-state index in [0.717, 1.165) is 23.4 Å².